The molecule has 2 aromatic carbocycles. The fourth-order valence-corrected chi connectivity index (χ4v) is 3.71. The summed E-state index contributed by atoms with van der Waals surface area (Å²) < 4.78 is 5.34. The van der Waals surface area contributed by atoms with Crippen LogP contribution in [-0.4, -0.2) is 42.7 Å². The van der Waals surface area contributed by atoms with Crippen LogP contribution in [0.4, 0.5) is 0 Å². The van der Waals surface area contributed by atoms with E-state index < -0.39 is 0 Å². The van der Waals surface area contributed by atoms with E-state index in [9.17, 15) is 9.90 Å². The van der Waals surface area contributed by atoms with Crippen LogP contribution in [0.25, 0.3) is 0 Å². The highest BCUT2D eigenvalue weighted by atomic mass is 16.5. The number of carbonyl (C=O) groups is 1. The molecule has 0 aromatic heterocycles. The lowest BCUT2D eigenvalue weighted by molar-refractivity contribution is -0.132. The molecule has 0 spiro atoms. The Hall–Kier alpha value is -2.33. The zero-order valence-electron chi connectivity index (χ0n) is 14.6. The summed E-state index contributed by atoms with van der Waals surface area (Å²) in [5.74, 6) is 1.22. The number of amides is 1. The second-order valence-corrected chi connectivity index (χ2v) is 6.58. The van der Waals surface area contributed by atoms with Gasteiger partial charge in [0, 0.05) is 31.2 Å². The summed E-state index contributed by atoms with van der Waals surface area (Å²) in [6, 6.07) is 17.9. The molecule has 2 atom stereocenters. The van der Waals surface area contributed by atoms with Crippen LogP contribution < -0.4 is 4.74 Å². The molecule has 4 heteroatoms. The molecule has 4 nitrogen and oxygen atoms in total. The van der Waals surface area contributed by atoms with Crippen molar-refractivity contribution in [2.75, 3.05) is 26.8 Å². The molecule has 1 aliphatic rings. The van der Waals surface area contributed by atoms with Gasteiger partial charge >= 0.3 is 0 Å². The molecule has 1 saturated heterocycles. The van der Waals surface area contributed by atoms with Gasteiger partial charge < -0.3 is 14.7 Å². The summed E-state index contributed by atoms with van der Waals surface area (Å²) in [6.07, 6.45) is 1.21. The number of nitrogens with zero attached hydrogens (tertiary/aromatic N) is 1. The molecule has 2 aromatic rings. The summed E-state index contributed by atoms with van der Waals surface area (Å²) in [4.78, 5) is 14.6. The second kappa shape index (κ2) is 8.17. The molecule has 0 unspecified atom stereocenters. The van der Waals surface area contributed by atoms with Crippen LogP contribution in [-0.2, 0) is 11.2 Å². The third-order valence-electron chi connectivity index (χ3n) is 5.08. The molecule has 1 fully saturated rings. The van der Waals surface area contributed by atoms with E-state index in [-0.39, 0.29) is 18.4 Å². The first-order chi connectivity index (χ1) is 12.2. The molecule has 25 heavy (non-hydrogen) atoms. The number of para-hydroxylation sites is 1. The van der Waals surface area contributed by atoms with E-state index in [2.05, 4.69) is 12.1 Å². The topological polar surface area (TPSA) is 49.8 Å². The summed E-state index contributed by atoms with van der Waals surface area (Å²) in [6.45, 7) is 1.42. The Kier molecular flexibility index (Phi) is 5.71. The molecule has 0 aliphatic carbocycles. The molecule has 1 N–H and O–H groups in total. The van der Waals surface area contributed by atoms with Crippen molar-refractivity contribution in [3.8, 4) is 5.75 Å². The van der Waals surface area contributed by atoms with Gasteiger partial charge in [-0.3, -0.25) is 4.79 Å². The van der Waals surface area contributed by atoms with Gasteiger partial charge in [-0.15, -0.1) is 0 Å². The molecule has 1 aliphatic heterocycles. The highest BCUT2D eigenvalue weighted by Gasteiger charge is 2.32. The van der Waals surface area contributed by atoms with E-state index in [4.69, 9.17) is 4.74 Å². The van der Waals surface area contributed by atoms with Crippen molar-refractivity contribution in [2.24, 2.45) is 5.92 Å². The standard InChI is InChI=1S/C21H25NO3/c1-25-20-10-6-5-9-17(20)13-21(24)22-12-11-19(18(14-22)15-23)16-7-3-2-4-8-16/h2-10,18-19,23H,11-15H2,1H3/t18-,19+/m1/s1. The normalized spacial score (nSPS) is 20.3. The Morgan fingerprint density at radius 2 is 1.88 bits per heavy atom. The number of ether oxygens (including phenoxy) is 1. The van der Waals surface area contributed by atoms with Gasteiger partial charge in [0.1, 0.15) is 5.75 Å². The molecule has 1 amide bonds. The van der Waals surface area contributed by atoms with Crippen LogP contribution in [0, 0.1) is 5.92 Å². The summed E-state index contributed by atoms with van der Waals surface area (Å²) in [5.41, 5.74) is 2.15. The number of carbonyl (C=O) groups excluding carboxylic acids is 1. The lowest BCUT2D eigenvalue weighted by Gasteiger charge is -2.38. The molecular weight excluding hydrogens is 314 g/mol. The van der Waals surface area contributed by atoms with Gasteiger partial charge in [0.2, 0.25) is 5.91 Å². The minimum absolute atomic E-state index is 0.0813. The highest BCUT2D eigenvalue weighted by Crippen LogP contribution is 2.33. The maximum Gasteiger partial charge on any atom is 0.227 e. The minimum Gasteiger partial charge on any atom is -0.496 e. The smallest absolute Gasteiger partial charge is 0.227 e. The largest absolute Gasteiger partial charge is 0.496 e. The molecule has 0 bridgehead atoms. The molecule has 1 heterocycles. The maximum atomic E-state index is 12.7. The van der Waals surface area contributed by atoms with Crippen molar-refractivity contribution in [2.45, 2.75) is 18.8 Å². The first-order valence-corrected chi connectivity index (χ1v) is 8.78. The number of methoxy groups -OCH3 is 1. The van der Waals surface area contributed by atoms with Gasteiger partial charge in [-0.2, -0.15) is 0 Å². The number of piperidine rings is 1. The summed E-state index contributed by atoms with van der Waals surface area (Å²) in [5, 5.41) is 9.84. The Morgan fingerprint density at radius 1 is 1.16 bits per heavy atom. The van der Waals surface area contributed by atoms with E-state index >= 15 is 0 Å². The van der Waals surface area contributed by atoms with Crippen LogP contribution in [0.15, 0.2) is 54.6 Å². The van der Waals surface area contributed by atoms with Gasteiger partial charge in [-0.25, -0.2) is 0 Å². The van der Waals surface area contributed by atoms with Crippen molar-refractivity contribution >= 4 is 5.91 Å². The molecular formula is C21H25NO3. The number of hydrogen-bond acceptors (Lipinski definition) is 3. The summed E-state index contributed by atoms with van der Waals surface area (Å²) >= 11 is 0. The number of aliphatic hydroxyl groups is 1. The van der Waals surface area contributed by atoms with Crippen LogP contribution in [0.2, 0.25) is 0 Å². The lowest BCUT2D eigenvalue weighted by Crippen LogP contribution is -2.44. The Bertz CT molecular complexity index is 701. The minimum atomic E-state index is 0.0813. The second-order valence-electron chi connectivity index (χ2n) is 6.58. The zero-order valence-corrected chi connectivity index (χ0v) is 14.6. The maximum absolute atomic E-state index is 12.7. The third-order valence-corrected chi connectivity index (χ3v) is 5.08. The molecule has 0 saturated carbocycles. The average molecular weight is 339 g/mol. The van der Waals surface area contributed by atoms with Crippen LogP contribution >= 0.6 is 0 Å². The number of likely N-dealkylation sites (tertiary alicyclic amines) is 1. The zero-order chi connectivity index (χ0) is 17.6. The summed E-state index contributed by atoms with van der Waals surface area (Å²) in [7, 11) is 1.62. The Balaban J connectivity index is 1.67. The van der Waals surface area contributed by atoms with E-state index in [0.717, 1.165) is 24.3 Å². The van der Waals surface area contributed by atoms with E-state index in [1.54, 1.807) is 7.11 Å². The Labute approximate surface area is 149 Å². The van der Waals surface area contributed by atoms with Crippen LogP contribution in [0.5, 0.6) is 5.75 Å². The quantitative estimate of drug-likeness (QED) is 0.911. The van der Waals surface area contributed by atoms with Crippen molar-refractivity contribution in [3.05, 3.63) is 65.7 Å². The van der Waals surface area contributed by atoms with Crippen molar-refractivity contribution in [3.63, 3.8) is 0 Å². The van der Waals surface area contributed by atoms with Gasteiger partial charge in [0.25, 0.3) is 0 Å². The Morgan fingerprint density at radius 3 is 2.60 bits per heavy atom. The molecule has 132 valence electrons. The fraction of sp³-hybridized carbons (Fsp3) is 0.381. The lowest BCUT2D eigenvalue weighted by atomic mass is 9.81. The third kappa shape index (κ3) is 4.02. The predicted octanol–water partition coefficient (Wildman–Crippen LogP) is 2.86. The first kappa shape index (κ1) is 17.5. The molecule has 0 radical (unpaired) electrons. The monoisotopic (exact) mass is 339 g/mol. The van der Waals surface area contributed by atoms with Crippen molar-refractivity contribution in [1.29, 1.82) is 0 Å². The van der Waals surface area contributed by atoms with E-state index in [1.807, 2.05) is 47.4 Å². The predicted molar refractivity (Wildman–Crippen MR) is 97.7 cm³/mol. The number of rotatable bonds is 5. The van der Waals surface area contributed by atoms with Gasteiger partial charge in [0.05, 0.1) is 13.5 Å². The van der Waals surface area contributed by atoms with Gasteiger partial charge in [-0.05, 0) is 24.0 Å². The van der Waals surface area contributed by atoms with Gasteiger partial charge in [-0.1, -0.05) is 48.5 Å². The van der Waals surface area contributed by atoms with Crippen molar-refractivity contribution < 1.29 is 14.6 Å². The van der Waals surface area contributed by atoms with Crippen LogP contribution in [0.1, 0.15) is 23.5 Å². The van der Waals surface area contributed by atoms with E-state index in [1.165, 1.54) is 5.56 Å². The van der Waals surface area contributed by atoms with Crippen molar-refractivity contribution in [1.82, 2.24) is 4.90 Å². The number of benzene rings is 2. The van der Waals surface area contributed by atoms with E-state index in [0.29, 0.717) is 18.9 Å². The number of hydrogen-bond donors (Lipinski definition) is 1. The van der Waals surface area contributed by atoms with Gasteiger partial charge in [0.15, 0.2) is 0 Å². The molecule has 3 rings (SSSR count). The highest BCUT2D eigenvalue weighted by molar-refractivity contribution is 5.79. The van der Waals surface area contributed by atoms with Crippen LogP contribution in [0.3, 0.4) is 0 Å². The fourth-order valence-electron chi connectivity index (χ4n) is 3.71. The average Bonchev–Trinajstić information content (AvgIpc) is 2.68. The SMILES string of the molecule is COc1ccccc1CC(=O)N1CC[C@@H](c2ccccc2)[C@@H](CO)C1. The number of aliphatic hydroxyl groups excluding tert-OH is 1. The first-order valence-electron chi connectivity index (χ1n) is 8.78.